The molecule has 100 valence electrons. The third kappa shape index (κ3) is 3.01. The summed E-state index contributed by atoms with van der Waals surface area (Å²) in [4.78, 5) is 14.4. The summed E-state index contributed by atoms with van der Waals surface area (Å²) in [5, 5.41) is 0. The molecular weight excluding hydrogens is 212 g/mol. The third-order valence-electron chi connectivity index (χ3n) is 4.80. The lowest BCUT2D eigenvalue weighted by Gasteiger charge is -2.42. The maximum absolute atomic E-state index is 12.4. The number of hydrogen-bond acceptors (Lipinski definition) is 2. The maximum atomic E-state index is 12.4. The summed E-state index contributed by atoms with van der Waals surface area (Å²) < 4.78 is 0. The first-order chi connectivity index (χ1) is 7.90. The Bertz CT molecular complexity index is 263. The number of amides is 1. The summed E-state index contributed by atoms with van der Waals surface area (Å²) in [7, 11) is 0. The summed E-state index contributed by atoms with van der Waals surface area (Å²) in [6, 6.07) is 0. The first kappa shape index (κ1) is 14.5. The fraction of sp³-hybridized carbons (Fsp3) is 0.929. The number of nitrogens with two attached hydrogens (primary N) is 1. The molecular formula is C14H28N2O. The van der Waals surface area contributed by atoms with Crippen molar-refractivity contribution in [3.8, 4) is 0 Å². The van der Waals surface area contributed by atoms with Gasteiger partial charge in [-0.2, -0.15) is 0 Å². The Morgan fingerprint density at radius 2 is 1.71 bits per heavy atom. The van der Waals surface area contributed by atoms with E-state index < -0.39 is 5.54 Å². The molecule has 0 unspecified atom stereocenters. The molecule has 0 aromatic rings. The highest BCUT2D eigenvalue weighted by atomic mass is 16.2. The first-order valence-electron chi connectivity index (χ1n) is 6.99. The molecule has 1 amide bonds. The monoisotopic (exact) mass is 240 g/mol. The summed E-state index contributed by atoms with van der Waals surface area (Å²) in [5.41, 5.74) is 5.96. The summed E-state index contributed by atoms with van der Waals surface area (Å²) in [6.07, 6.45) is 4.87. The molecule has 0 atom stereocenters. The van der Waals surface area contributed by atoms with E-state index in [0.29, 0.717) is 5.41 Å². The van der Waals surface area contributed by atoms with Gasteiger partial charge in [0.05, 0.1) is 5.54 Å². The summed E-state index contributed by atoms with van der Waals surface area (Å²) in [6.45, 7) is 10.3. The molecule has 0 saturated carbocycles. The van der Waals surface area contributed by atoms with E-state index in [9.17, 15) is 4.79 Å². The molecule has 0 spiro atoms. The normalized spacial score (nSPS) is 20.4. The van der Waals surface area contributed by atoms with E-state index >= 15 is 0 Å². The lowest BCUT2D eigenvalue weighted by Crippen LogP contribution is -2.56. The number of carbonyl (C=O) groups is 1. The van der Waals surface area contributed by atoms with Crippen molar-refractivity contribution < 1.29 is 4.79 Å². The van der Waals surface area contributed by atoms with E-state index in [4.69, 9.17) is 5.73 Å². The topological polar surface area (TPSA) is 46.3 Å². The van der Waals surface area contributed by atoms with Gasteiger partial charge in [0.2, 0.25) is 5.91 Å². The standard InChI is InChI=1S/C14H28N2O/c1-5-13(4)8-10-16(11-9-13)12(17)14(15,6-2)7-3/h5-11,15H2,1-4H3. The fourth-order valence-electron chi connectivity index (χ4n) is 2.47. The van der Waals surface area contributed by atoms with Gasteiger partial charge in [0.1, 0.15) is 0 Å². The molecule has 0 bridgehead atoms. The van der Waals surface area contributed by atoms with Crippen molar-refractivity contribution in [3.05, 3.63) is 0 Å². The van der Waals surface area contributed by atoms with Crippen molar-refractivity contribution in [1.29, 1.82) is 0 Å². The maximum Gasteiger partial charge on any atom is 0.242 e. The average Bonchev–Trinajstić information content (AvgIpc) is 2.38. The highest BCUT2D eigenvalue weighted by Crippen LogP contribution is 2.34. The molecule has 17 heavy (non-hydrogen) atoms. The molecule has 0 radical (unpaired) electrons. The SMILES string of the molecule is CCC1(C)CCN(C(=O)C(N)(CC)CC)CC1. The van der Waals surface area contributed by atoms with Crippen LogP contribution in [0.15, 0.2) is 0 Å². The molecule has 1 fully saturated rings. The quantitative estimate of drug-likeness (QED) is 0.821. The molecule has 1 aliphatic rings. The smallest absolute Gasteiger partial charge is 0.242 e. The Labute approximate surface area is 106 Å². The molecule has 0 aromatic carbocycles. The summed E-state index contributed by atoms with van der Waals surface area (Å²) >= 11 is 0. The highest BCUT2D eigenvalue weighted by molar-refractivity contribution is 5.86. The fourth-order valence-corrected chi connectivity index (χ4v) is 2.47. The third-order valence-corrected chi connectivity index (χ3v) is 4.80. The Hall–Kier alpha value is -0.570. The van der Waals surface area contributed by atoms with Crippen LogP contribution in [0.25, 0.3) is 0 Å². The van der Waals surface area contributed by atoms with Crippen LogP contribution < -0.4 is 5.73 Å². The lowest BCUT2D eigenvalue weighted by molar-refractivity contribution is -0.139. The van der Waals surface area contributed by atoms with Gasteiger partial charge in [-0.25, -0.2) is 0 Å². The number of carbonyl (C=O) groups excluding carboxylic acids is 1. The summed E-state index contributed by atoms with van der Waals surface area (Å²) in [5.74, 6) is 0.153. The van der Waals surface area contributed by atoms with Crippen LogP contribution >= 0.6 is 0 Å². The second-order valence-electron chi connectivity index (χ2n) is 5.82. The minimum atomic E-state index is -0.639. The van der Waals surface area contributed by atoms with Crippen molar-refractivity contribution >= 4 is 5.91 Å². The van der Waals surface area contributed by atoms with Crippen LogP contribution in [0.4, 0.5) is 0 Å². The number of likely N-dealkylation sites (tertiary alicyclic amines) is 1. The lowest BCUT2D eigenvalue weighted by atomic mass is 9.77. The predicted molar refractivity (Wildman–Crippen MR) is 71.7 cm³/mol. The molecule has 1 saturated heterocycles. The minimum absolute atomic E-state index is 0.153. The highest BCUT2D eigenvalue weighted by Gasteiger charge is 2.37. The van der Waals surface area contributed by atoms with E-state index in [0.717, 1.165) is 38.8 Å². The Morgan fingerprint density at radius 3 is 2.06 bits per heavy atom. The van der Waals surface area contributed by atoms with Crippen molar-refractivity contribution in [3.63, 3.8) is 0 Å². The van der Waals surface area contributed by atoms with E-state index in [1.807, 2.05) is 18.7 Å². The largest absolute Gasteiger partial charge is 0.341 e. The second-order valence-corrected chi connectivity index (χ2v) is 5.82. The van der Waals surface area contributed by atoms with Crippen molar-refractivity contribution in [1.82, 2.24) is 4.90 Å². The Kier molecular flexibility index (Phi) is 4.59. The van der Waals surface area contributed by atoms with E-state index in [-0.39, 0.29) is 5.91 Å². The number of nitrogens with zero attached hydrogens (tertiary/aromatic N) is 1. The molecule has 0 aromatic heterocycles. The molecule has 1 rings (SSSR count). The van der Waals surface area contributed by atoms with Crippen LogP contribution in [-0.4, -0.2) is 29.4 Å². The van der Waals surface area contributed by atoms with Gasteiger partial charge in [0.25, 0.3) is 0 Å². The zero-order valence-electron chi connectivity index (χ0n) is 11.9. The zero-order chi connectivity index (χ0) is 13.1. The van der Waals surface area contributed by atoms with Crippen LogP contribution in [-0.2, 0) is 4.79 Å². The zero-order valence-corrected chi connectivity index (χ0v) is 11.9. The van der Waals surface area contributed by atoms with E-state index in [1.54, 1.807) is 0 Å². The van der Waals surface area contributed by atoms with Crippen molar-refractivity contribution in [2.24, 2.45) is 11.1 Å². The van der Waals surface area contributed by atoms with Crippen LogP contribution in [0.1, 0.15) is 59.8 Å². The van der Waals surface area contributed by atoms with Gasteiger partial charge in [0, 0.05) is 13.1 Å². The van der Waals surface area contributed by atoms with E-state index in [1.165, 1.54) is 6.42 Å². The number of hydrogen-bond donors (Lipinski definition) is 1. The number of piperidine rings is 1. The minimum Gasteiger partial charge on any atom is -0.341 e. The van der Waals surface area contributed by atoms with Gasteiger partial charge in [-0.3, -0.25) is 4.79 Å². The van der Waals surface area contributed by atoms with Gasteiger partial charge in [-0.1, -0.05) is 34.1 Å². The molecule has 0 aliphatic carbocycles. The first-order valence-corrected chi connectivity index (χ1v) is 6.99. The number of rotatable bonds is 4. The van der Waals surface area contributed by atoms with Crippen LogP contribution in [0.2, 0.25) is 0 Å². The Morgan fingerprint density at radius 1 is 1.24 bits per heavy atom. The predicted octanol–water partition coefficient (Wildman–Crippen LogP) is 2.54. The average molecular weight is 240 g/mol. The van der Waals surface area contributed by atoms with Crippen LogP contribution in [0, 0.1) is 5.41 Å². The molecule has 1 heterocycles. The van der Waals surface area contributed by atoms with E-state index in [2.05, 4.69) is 13.8 Å². The molecule has 2 N–H and O–H groups in total. The van der Waals surface area contributed by atoms with Gasteiger partial charge in [-0.05, 0) is 31.1 Å². The van der Waals surface area contributed by atoms with Crippen LogP contribution in [0.3, 0.4) is 0 Å². The van der Waals surface area contributed by atoms with Gasteiger partial charge in [0.15, 0.2) is 0 Å². The van der Waals surface area contributed by atoms with Crippen molar-refractivity contribution in [2.75, 3.05) is 13.1 Å². The molecule has 1 aliphatic heterocycles. The van der Waals surface area contributed by atoms with Crippen LogP contribution in [0.5, 0.6) is 0 Å². The second kappa shape index (κ2) is 5.38. The van der Waals surface area contributed by atoms with Gasteiger partial charge < -0.3 is 10.6 Å². The van der Waals surface area contributed by atoms with Gasteiger partial charge in [-0.15, -0.1) is 0 Å². The molecule has 3 nitrogen and oxygen atoms in total. The molecule has 3 heteroatoms. The Balaban J connectivity index is 2.63. The van der Waals surface area contributed by atoms with Crippen molar-refractivity contribution in [2.45, 2.75) is 65.3 Å². The van der Waals surface area contributed by atoms with Gasteiger partial charge >= 0.3 is 0 Å².